The number of ether oxygens (including phenoxy) is 1. The van der Waals surface area contributed by atoms with Crippen LogP contribution in [0.5, 0.6) is 5.75 Å². The molecule has 1 aliphatic carbocycles. The summed E-state index contributed by atoms with van der Waals surface area (Å²) >= 11 is 0. The summed E-state index contributed by atoms with van der Waals surface area (Å²) < 4.78 is 8.69. The van der Waals surface area contributed by atoms with Crippen molar-refractivity contribution >= 4 is 17.0 Å². The molecule has 0 saturated heterocycles. The van der Waals surface area contributed by atoms with Gasteiger partial charge in [0.2, 0.25) is 0 Å². The van der Waals surface area contributed by atoms with Crippen LogP contribution in [-0.2, 0) is 25.7 Å². The van der Waals surface area contributed by atoms with E-state index in [4.69, 9.17) is 4.74 Å². The normalized spacial score (nSPS) is 14.7. The van der Waals surface area contributed by atoms with Crippen LogP contribution in [0.4, 0.5) is 0 Å². The summed E-state index contributed by atoms with van der Waals surface area (Å²) in [4.78, 5) is 0. The highest BCUT2D eigenvalue weighted by Gasteiger charge is 2.37. The van der Waals surface area contributed by atoms with Gasteiger partial charge in [0.15, 0.2) is 0 Å². The maximum Gasteiger partial charge on any atom is 0.130 e. The molecule has 5 rings (SSSR count). The zero-order valence-corrected chi connectivity index (χ0v) is 21.9. The van der Waals surface area contributed by atoms with Crippen molar-refractivity contribution in [2.45, 2.75) is 60.2 Å². The summed E-state index contributed by atoms with van der Waals surface area (Å²) in [7, 11) is 2.07. The third-order valence-electron chi connectivity index (χ3n) is 8.16. The van der Waals surface area contributed by atoms with E-state index in [0.717, 1.165) is 45.3 Å². The molecule has 0 aliphatic heterocycles. The Bertz CT molecular complexity index is 1490. The molecular weight excluding hydrogens is 430 g/mol. The molecule has 0 fully saturated rings. The second-order valence-electron chi connectivity index (χ2n) is 10.4. The molecule has 1 N–H and O–H groups in total. The molecular formula is C32H35NO2. The van der Waals surface area contributed by atoms with Gasteiger partial charge >= 0.3 is 0 Å². The van der Waals surface area contributed by atoms with E-state index in [2.05, 4.69) is 82.8 Å². The molecule has 4 aromatic rings. The molecule has 1 heterocycles. The minimum atomic E-state index is -1.18. The van der Waals surface area contributed by atoms with Gasteiger partial charge in [-0.25, -0.2) is 0 Å². The fourth-order valence-electron chi connectivity index (χ4n) is 5.69. The molecule has 35 heavy (non-hydrogen) atoms. The molecule has 0 saturated carbocycles. The van der Waals surface area contributed by atoms with E-state index < -0.39 is 5.60 Å². The molecule has 0 radical (unpaired) electrons. The second kappa shape index (κ2) is 8.42. The number of nitrogens with zero attached hydrogens (tertiary/aromatic N) is 1. The van der Waals surface area contributed by atoms with Gasteiger partial charge in [0.25, 0.3) is 0 Å². The highest BCUT2D eigenvalue weighted by atomic mass is 16.5. The number of aryl methyl sites for hydroxylation is 3. The molecule has 3 aromatic carbocycles. The van der Waals surface area contributed by atoms with Gasteiger partial charge in [0.05, 0.1) is 5.52 Å². The van der Waals surface area contributed by atoms with Gasteiger partial charge in [-0.15, -0.1) is 0 Å². The molecule has 1 aromatic heterocycles. The summed E-state index contributed by atoms with van der Waals surface area (Å²) in [6, 6.07) is 14.6. The second-order valence-corrected chi connectivity index (χ2v) is 10.4. The first-order valence-electron chi connectivity index (χ1n) is 12.4. The van der Waals surface area contributed by atoms with Gasteiger partial charge in [0.1, 0.15) is 18.0 Å². The number of aliphatic hydroxyl groups is 1. The van der Waals surface area contributed by atoms with Crippen LogP contribution in [0.1, 0.15) is 57.0 Å². The SMILES string of the molecule is Cc1cc2c(c(C)c1C)C=C(C(C)(O)c1c(OCc3ccccc3)c(C)c(C)c3c1ccn3C)C2. The average Bonchev–Trinajstić information content (AvgIpc) is 3.44. The minimum absolute atomic E-state index is 0.458. The number of fused-ring (bicyclic) bond motifs is 2. The summed E-state index contributed by atoms with van der Waals surface area (Å²) in [6.07, 6.45) is 5.03. The first kappa shape index (κ1) is 23.4. The van der Waals surface area contributed by atoms with Crippen LogP contribution in [0.25, 0.3) is 17.0 Å². The minimum Gasteiger partial charge on any atom is -0.488 e. The van der Waals surface area contributed by atoms with Crippen molar-refractivity contribution in [1.82, 2.24) is 4.57 Å². The lowest BCUT2D eigenvalue weighted by Crippen LogP contribution is -2.26. The Kier molecular flexibility index (Phi) is 5.64. The molecule has 180 valence electrons. The third-order valence-corrected chi connectivity index (χ3v) is 8.16. The smallest absolute Gasteiger partial charge is 0.130 e. The molecule has 3 nitrogen and oxygen atoms in total. The lowest BCUT2D eigenvalue weighted by atomic mass is 9.82. The van der Waals surface area contributed by atoms with Crippen LogP contribution < -0.4 is 4.74 Å². The van der Waals surface area contributed by atoms with E-state index in [1.165, 1.54) is 33.4 Å². The van der Waals surface area contributed by atoms with Crippen LogP contribution in [0.15, 0.2) is 54.2 Å². The van der Waals surface area contributed by atoms with Crippen LogP contribution in [0.2, 0.25) is 0 Å². The Balaban J connectivity index is 1.68. The molecule has 1 unspecified atom stereocenters. The monoisotopic (exact) mass is 465 g/mol. The van der Waals surface area contributed by atoms with Crippen LogP contribution in [-0.4, -0.2) is 9.67 Å². The lowest BCUT2D eigenvalue weighted by Gasteiger charge is -2.31. The number of aromatic nitrogens is 1. The zero-order chi connectivity index (χ0) is 25.1. The predicted molar refractivity (Wildman–Crippen MR) is 145 cm³/mol. The summed E-state index contributed by atoms with van der Waals surface area (Å²) in [6.45, 7) is 13.2. The van der Waals surface area contributed by atoms with Gasteiger partial charge in [-0.1, -0.05) is 42.5 Å². The van der Waals surface area contributed by atoms with Gasteiger partial charge in [-0.3, -0.25) is 0 Å². The average molecular weight is 466 g/mol. The van der Waals surface area contributed by atoms with E-state index in [9.17, 15) is 5.11 Å². The van der Waals surface area contributed by atoms with E-state index in [1.807, 2.05) is 25.1 Å². The maximum absolute atomic E-state index is 12.3. The Morgan fingerprint density at radius 3 is 2.37 bits per heavy atom. The van der Waals surface area contributed by atoms with E-state index in [-0.39, 0.29) is 0 Å². The number of hydrogen-bond acceptors (Lipinski definition) is 2. The molecule has 1 atom stereocenters. The van der Waals surface area contributed by atoms with Gasteiger partial charge in [-0.05, 0) is 104 Å². The highest BCUT2D eigenvalue weighted by molar-refractivity contribution is 5.92. The fourth-order valence-corrected chi connectivity index (χ4v) is 5.69. The molecule has 0 bridgehead atoms. The van der Waals surface area contributed by atoms with Crippen molar-refractivity contribution in [2.75, 3.05) is 0 Å². The number of rotatable bonds is 5. The Morgan fingerprint density at radius 1 is 0.943 bits per heavy atom. The third kappa shape index (κ3) is 3.70. The first-order valence-corrected chi connectivity index (χ1v) is 12.4. The maximum atomic E-state index is 12.3. The standard InChI is InChI=1S/C32H35NO2/c1-19-15-25-16-26(17-28(25)21(3)20(19)2)32(6,34)29-27-13-14-33(7)30(27)22(4)23(5)31(29)35-18-24-11-9-8-10-12-24/h8-15,17,34H,16,18H2,1-7H3. The largest absolute Gasteiger partial charge is 0.488 e. The van der Waals surface area contributed by atoms with Crippen molar-refractivity contribution in [3.8, 4) is 5.75 Å². The summed E-state index contributed by atoms with van der Waals surface area (Å²) in [5.41, 5.74) is 11.7. The lowest BCUT2D eigenvalue weighted by molar-refractivity contribution is 0.0935. The molecule has 0 spiro atoms. The van der Waals surface area contributed by atoms with Crippen molar-refractivity contribution in [3.05, 3.63) is 104 Å². The van der Waals surface area contributed by atoms with Crippen LogP contribution in [0.3, 0.4) is 0 Å². The van der Waals surface area contributed by atoms with Crippen molar-refractivity contribution in [1.29, 1.82) is 0 Å². The van der Waals surface area contributed by atoms with E-state index in [1.54, 1.807) is 0 Å². The summed E-state index contributed by atoms with van der Waals surface area (Å²) in [5, 5.41) is 13.4. The van der Waals surface area contributed by atoms with E-state index >= 15 is 0 Å². The van der Waals surface area contributed by atoms with Gasteiger partial charge in [0, 0.05) is 24.2 Å². The molecule has 0 amide bonds. The van der Waals surface area contributed by atoms with Crippen molar-refractivity contribution in [3.63, 3.8) is 0 Å². The van der Waals surface area contributed by atoms with Gasteiger partial charge < -0.3 is 14.4 Å². The highest BCUT2D eigenvalue weighted by Crippen LogP contribution is 2.48. The van der Waals surface area contributed by atoms with Crippen molar-refractivity contribution in [2.24, 2.45) is 7.05 Å². The van der Waals surface area contributed by atoms with E-state index in [0.29, 0.717) is 6.61 Å². The Labute approximate surface area is 208 Å². The van der Waals surface area contributed by atoms with Crippen molar-refractivity contribution < 1.29 is 9.84 Å². The molecule has 3 heteroatoms. The fraction of sp³-hybridized carbons (Fsp3) is 0.312. The predicted octanol–water partition coefficient (Wildman–Crippen LogP) is 7.15. The molecule has 1 aliphatic rings. The topological polar surface area (TPSA) is 34.4 Å². The summed E-state index contributed by atoms with van der Waals surface area (Å²) in [5.74, 6) is 0.788. The number of benzene rings is 3. The number of hydrogen-bond donors (Lipinski definition) is 1. The zero-order valence-electron chi connectivity index (χ0n) is 21.9. The van der Waals surface area contributed by atoms with Crippen LogP contribution in [0, 0.1) is 34.6 Å². The van der Waals surface area contributed by atoms with Crippen LogP contribution >= 0.6 is 0 Å². The quantitative estimate of drug-likeness (QED) is 0.340. The Hall–Kier alpha value is -3.30. The van der Waals surface area contributed by atoms with Gasteiger partial charge in [-0.2, -0.15) is 0 Å². The first-order chi connectivity index (χ1) is 16.6. The Morgan fingerprint density at radius 2 is 1.66 bits per heavy atom.